The molecule has 0 atom stereocenters. The maximum Gasteiger partial charge on any atom is 0.162 e. The second-order valence-electron chi connectivity index (χ2n) is 7.61. The summed E-state index contributed by atoms with van der Waals surface area (Å²) in [6.07, 6.45) is 1.93. The number of hydrogen-bond donors (Lipinski definition) is 0. The minimum absolute atomic E-state index is 0.0626. The van der Waals surface area contributed by atoms with Gasteiger partial charge in [0.05, 0.1) is 0 Å². The van der Waals surface area contributed by atoms with E-state index in [9.17, 15) is 0 Å². The van der Waals surface area contributed by atoms with Crippen LogP contribution in [0.1, 0.15) is 68.2 Å². The fraction of sp³-hybridized carbons (Fsp3) is 1.00. The van der Waals surface area contributed by atoms with Crippen LogP contribution in [0.2, 0.25) is 0 Å². The van der Waals surface area contributed by atoms with Crippen molar-refractivity contribution in [1.29, 1.82) is 0 Å². The number of rotatable bonds is 8. The second-order valence-corrected chi connectivity index (χ2v) is 7.61. The third-order valence-electron chi connectivity index (χ3n) is 2.79. The Morgan fingerprint density at radius 3 is 1.09 bits per heavy atom. The van der Waals surface area contributed by atoms with E-state index in [-0.39, 0.29) is 23.4 Å². The van der Waals surface area contributed by atoms with Gasteiger partial charge in [0.15, 0.2) is 12.6 Å². The summed E-state index contributed by atoms with van der Waals surface area (Å²) in [5.41, 5.74) is 0.147. The average molecular weight is 321 g/mol. The SMILES string of the molecule is CCCOC(OCCC)C(C)(C)C.COC(OC)C(C)(C)C. The molecule has 0 bridgehead atoms. The van der Waals surface area contributed by atoms with Crippen LogP contribution in [0.5, 0.6) is 0 Å². The molecule has 0 aliphatic rings. The Labute approximate surface area is 138 Å². The van der Waals surface area contributed by atoms with Gasteiger partial charge in [-0.25, -0.2) is 0 Å². The van der Waals surface area contributed by atoms with Crippen molar-refractivity contribution in [2.45, 2.75) is 80.8 Å². The molecule has 0 saturated heterocycles. The Balaban J connectivity index is 0. The van der Waals surface area contributed by atoms with E-state index in [0.29, 0.717) is 0 Å². The number of hydrogen-bond acceptors (Lipinski definition) is 4. The molecule has 0 heterocycles. The third kappa shape index (κ3) is 12.4. The van der Waals surface area contributed by atoms with Crippen molar-refractivity contribution in [2.24, 2.45) is 10.8 Å². The molecular formula is C18H40O4. The molecule has 22 heavy (non-hydrogen) atoms. The molecule has 0 unspecified atom stereocenters. The summed E-state index contributed by atoms with van der Waals surface area (Å²) in [6.45, 7) is 18.4. The van der Waals surface area contributed by atoms with Crippen molar-refractivity contribution in [2.75, 3.05) is 27.4 Å². The summed E-state index contributed by atoms with van der Waals surface area (Å²) < 4.78 is 21.4. The van der Waals surface area contributed by atoms with Gasteiger partial charge in [-0.3, -0.25) is 0 Å². The maximum absolute atomic E-state index is 5.64. The average Bonchev–Trinajstić information content (AvgIpc) is 2.38. The van der Waals surface area contributed by atoms with Gasteiger partial charge in [-0.2, -0.15) is 0 Å². The van der Waals surface area contributed by atoms with Gasteiger partial charge in [-0.05, 0) is 12.8 Å². The highest BCUT2D eigenvalue weighted by atomic mass is 16.7. The molecule has 0 aliphatic carbocycles. The molecule has 0 fully saturated rings. The Morgan fingerprint density at radius 2 is 0.955 bits per heavy atom. The van der Waals surface area contributed by atoms with Crippen LogP contribution in [0.3, 0.4) is 0 Å². The van der Waals surface area contributed by atoms with E-state index in [4.69, 9.17) is 18.9 Å². The number of methoxy groups -OCH3 is 2. The first-order chi connectivity index (χ1) is 10.0. The highest BCUT2D eigenvalue weighted by Crippen LogP contribution is 2.23. The lowest BCUT2D eigenvalue weighted by molar-refractivity contribution is -0.194. The molecule has 0 radical (unpaired) electrons. The Hall–Kier alpha value is -0.160. The molecule has 4 nitrogen and oxygen atoms in total. The van der Waals surface area contributed by atoms with Gasteiger partial charge in [-0.1, -0.05) is 55.4 Å². The lowest BCUT2D eigenvalue weighted by Crippen LogP contribution is -2.32. The highest BCUT2D eigenvalue weighted by Gasteiger charge is 2.25. The van der Waals surface area contributed by atoms with Crippen LogP contribution < -0.4 is 0 Å². The van der Waals surface area contributed by atoms with E-state index in [0.717, 1.165) is 26.1 Å². The standard InChI is InChI=1S/C11H24O2.C7H16O2/c1-6-8-12-10(11(3,4)5)13-9-7-2;1-7(2,3)6(8-4)9-5/h10H,6-9H2,1-5H3;6H,1-5H3. The zero-order chi connectivity index (χ0) is 17.8. The molecule has 0 aromatic rings. The van der Waals surface area contributed by atoms with Crippen LogP contribution in [0.4, 0.5) is 0 Å². The zero-order valence-electron chi connectivity index (χ0n) is 16.6. The quantitative estimate of drug-likeness (QED) is 0.598. The molecule has 0 aromatic heterocycles. The van der Waals surface area contributed by atoms with Crippen LogP contribution >= 0.6 is 0 Å². The minimum Gasteiger partial charge on any atom is -0.355 e. The normalized spacial score (nSPS) is 12.5. The van der Waals surface area contributed by atoms with Gasteiger partial charge >= 0.3 is 0 Å². The molecule has 0 amide bonds. The first-order valence-corrected chi connectivity index (χ1v) is 8.33. The molecule has 136 valence electrons. The monoisotopic (exact) mass is 320 g/mol. The van der Waals surface area contributed by atoms with E-state index in [1.165, 1.54) is 0 Å². The molecule has 4 heteroatoms. The molecule has 0 saturated carbocycles. The van der Waals surface area contributed by atoms with Crippen molar-refractivity contribution in [3.05, 3.63) is 0 Å². The Bertz CT molecular complexity index is 228. The molecule has 0 aliphatic heterocycles. The summed E-state index contributed by atoms with van der Waals surface area (Å²) >= 11 is 0. The second kappa shape index (κ2) is 12.3. The first kappa shape index (κ1) is 24.1. The lowest BCUT2D eigenvalue weighted by atomic mass is 9.96. The van der Waals surface area contributed by atoms with Gasteiger partial charge in [0.1, 0.15) is 0 Å². The summed E-state index contributed by atoms with van der Waals surface area (Å²) in [4.78, 5) is 0. The molecule has 0 aromatic carbocycles. The Kier molecular flexibility index (Phi) is 13.5. The van der Waals surface area contributed by atoms with Crippen LogP contribution in [-0.2, 0) is 18.9 Å². The molecular weight excluding hydrogens is 280 g/mol. The van der Waals surface area contributed by atoms with Crippen LogP contribution in [0.15, 0.2) is 0 Å². The van der Waals surface area contributed by atoms with Crippen molar-refractivity contribution in [3.63, 3.8) is 0 Å². The zero-order valence-corrected chi connectivity index (χ0v) is 16.6. The van der Waals surface area contributed by atoms with Gasteiger partial charge in [-0.15, -0.1) is 0 Å². The fourth-order valence-electron chi connectivity index (χ4n) is 1.80. The van der Waals surface area contributed by atoms with Gasteiger partial charge in [0.25, 0.3) is 0 Å². The van der Waals surface area contributed by atoms with Crippen LogP contribution in [0.25, 0.3) is 0 Å². The molecule has 0 rings (SSSR count). The molecule has 0 N–H and O–H groups in total. The largest absolute Gasteiger partial charge is 0.355 e. The van der Waals surface area contributed by atoms with E-state index < -0.39 is 0 Å². The summed E-state index contributed by atoms with van der Waals surface area (Å²) in [5.74, 6) is 0. The van der Waals surface area contributed by atoms with Gasteiger partial charge in [0.2, 0.25) is 0 Å². The summed E-state index contributed by atoms with van der Waals surface area (Å²) in [6, 6.07) is 0. The van der Waals surface area contributed by atoms with Crippen molar-refractivity contribution in [1.82, 2.24) is 0 Å². The highest BCUT2D eigenvalue weighted by molar-refractivity contribution is 4.66. The third-order valence-corrected chi connectivity index (χ3v) is 2.79. The summed E-state index contributed by atoms with van der Waals surface area (Å²) in [5, 5.41) is 0. The van der Waals surface area contributed by atoms with Gasteiger partial charge in [0, 0.05) is 38.3 Å². The van der Waals surface area contributed by atoms with E-state index >= 15 is 0 Å². The minimum atomic E-state index is -0.0995. The van der Waals surface area contributed by atoms with Crippen LogP contribution in [-0.4, -0.2) is 40.0 Å². The fourth-order valence-corrected chi connectivity index (χ4v) is 1.80. The van der Waals surface area contributed by atoms with Crippen molar-refractivity contribution >= 4 is 0 Å². The topological polar surface area (TPSA) is 36.9 Å². The molecule has 0 spiro atoms. The maximum atomic E-state index is 5.64. The van der Waals surface area contributed by atoms with E-state index in [1.807, 2.05) is 0 Å². The van der Waals surface area contributed by atoms with Crippen LogP contribution in [0, 0.1) is 10.8 Å². The Morgan fingerprint density at radius 1 is 0.636 bits per heavy atom. The smallest absolute Gasteiger partial charge is 0.162 e. The lowest BCUT2D eigenvalue weighted by Gasteiger charge is -2.30. The predicted octanol–water partition coefficient (Wildman–Crippen LogP) is 4.86. The van der Waals surface area contributed by atoms with Crippen molar-refractivity contribution in [3.8, 4) is 0 Å². The van der Waals surface area contributed by atoms with E-state index in [2.05, 4.69) is 55.4 Å². The number of ether oxygens (including phenoxy) is 4. The predicted molar refractivity (Wildman–Crippen MR) is 93.0 cm³/mol. The van der Waals surface area contributed by atoms with Crippen molar-refractivity contribution < 1.29 is 18.9 Å². The first-order valence-electron chi connectivity index (χ1n) is 8.33. The van der Waals surface area contributed by atoms with Gasteiger partial charge < -0.3 is 18.9 Å². The van der Waals surface area contributed by atoms with E-state index in [1.54, 1.807) is 14.2 Å². The summed E-state index contributed by atoms with van der Waals surface area (Å²) in [7, 11) is 3.30.